The number of benzene rings is 5. The lowest BCUT2D eigenvalue weighted by molar-refractivity contribution is -0.384. The van der Waals surface area contributed by atoms with Crippen LogP contribution in [0.5, 0.6) is 23.0 Å². The number of methoxy groups -OCH3 is 1. The summed E-state index contributed by atoms with van der Waals surface area (Å²) in [5.74, 6) is -1.88. The summed E-state index contributed by atoms with van der Waals surface area (Å²) in [6.45, 7) is 2.45. The van der Waals surface area contributed by atoms with Crippen LogP contribution in [0, 0.1) is 15.5 Å². The predicted octanol–water partition coefficient (Wildman–Crippen LogP) is 6.90. The summed E-state index contributed by atoms with van der Waals surface area (Å²) < 4.78 is 16.9. The Bertz CT molecular complexity index is 2300. The second-order valence-corrected chi connectivity index (χ2v) is 12.7. The van der Waals surface area contributed by atoms with Crippen molar-refractivity contribution in [1.29, 1.82) is 0 Å². The Morgan fingerprint density at radius 2 is 1.59 bits per heavy atom. The van der Waals surface area contributed by atoms with Gasteiger partial charge in [-0.2, -0.15) is 5.01 Å². The second kappa shape index (κ2) is 14.8. The van der Waals surface area contributed by atoms with Crippen LogP contribution < -0.4 is 24.7 Å². The third-order valence-corrected chi connectivity index (χ3v) is 8.88. The number of non-ortho nitro benzene ring substituents is 1. The lowest BCUT2D eigenvalue weighted by atomic mass is 9.92. The number of carbonyl (C=O) groups is 4. The molecular weight excluding hydrogens is 698 g/mol. The lowest BCUT2D eigenvalue weighted by Crippen LogP contribution is -2.50. The van der Waals surface area contributed by atoms with Crippen molar-refractivity contribution in [2.24, 2.45) is 5.41 Å². The number of nitro groups is 1. The highest BCUT2D eigenvalue weighted by Crippen LogP contribution is 2.43. The van der Waals surface area contributed by atoms with Gasteiger partial charge in [-0.1, -0.05) is 54.6 Å². The van der Waals surface area contributed by atoms with Gasteiger partial charge in [-0.15, -0.1) is 0 Å². The molecule has 1 aliphatic heterocycles. The minimum Gasteiger partial charge on any atom is -0.506 e. The fourth-order valence-electron chi connectivity index (χ4n) is 6.05. The van der Waals surface area contributed by atoms with Crippen molar-refractivity contribution < 1.29 is 43.4 Å². The molecule has 15 nitrogen and oxygen atoms in total. The highest BCUT2D eigenvalue weighted by atomic mass is 16.6. The number of ether oxygens (including phenoxy) is 3. The average Bonchev–Trinajstić information content (AvgIpc) is 3.44. The number of hydrazine groups is 1. The molecule has 0 radical (unpaired) electrons. The van der Waals surface area contributed by atoms with E-state index in [-0.39, 0.29) is 52.7 Å². The number of urea groups is 1. The van der Waals surface area contributed by atoms with E-state index in [4.69, 9.17) is 14.2 Å². The average molecular weight is 734 g/mol. The van der Waals surface area contributed by atoms with Gasteiger partial charge in [0.15, 0.2) is 5.75 Å². The van der Waals surface area contributed by atoms with Crippen LogP contribution in [-0.4, -0.2) is 66.2 Å². The van der Waals surface area contributed by atoms with Crippen LogP contribution >= 0.6 is 0 Å². The number of para-hydroxylation sites is 3. The van der Waals surface area contributed by atoms with E-state index in [9.17, 15) is 34.4 Å². The number of hydrogen-bond acceptors (Lipinski definition) is 11. The topological polar surface area (TPSA) is 181 Å². The maximum absolute atomic E-state index is 14.4. The van der Waals surface area contributed by atoms with Crippen molar-refractivity contribution in [1.82, 2.24) is 5.01 Å². The van der Waals surface area contributed by atoms with Crippen molar-refractivity contribution in [3.63, 3.8) is 0 Å². The monoisotopic (exact) mass is 733 g/mol. The maximum atomic E-state index is 14.4. The molecule has 54 heavy (non-hydrogen) atoms. The van der Waals surface area contributed by atoms with Crippen LogP contribution in [0.3, 0.4) is 0 Å². The van der Waals surface area contributed by atoms with Crippen molar-refractivity contribution >= 4 is 57.3 Å². The first-order chi connectivity index (χ1) is 25.8. The Morgan fingerprint density at radius 1 is 0.926 bits per heavy atom. The molecule has 1 unspecified atom stereocenters. The zero-order chi connectivity index (χ0) is 38.7. The number of fused-ring (bicyclic) bond motifs is 1. The summed E-state index contributed by atoms with van der Waals surface area (Å²) in [5, 5.41) is 29.0. The number of phenols is 1. The van der Waals surface area contributed by atoms with Gasteiger partial charge < -0.3 is 24.6 Å². The minimum atomic E-state index is -1.33. The van der Waals surface area contributed by atoms with E-state index in [1.54, 1.807) is 85.8 Å². The smallest absolute Gasteiger partial charge is 0.350 e. The summed E-state index contributed by atoms with van der Waals surface area (Å²) in [7, 11) is 2.78. The summed E-state index contributed by atoms with van der Waals surface area (Å²) in [4.78, 5) is 66.2. The number of nitro benzene ring substituents is 1. The third-order valence-electron chi connectivity index (χ3n) is 8.88. The van der Waals surface area contributed by atoms with E-state index in [2.05, 4.69) is 5.32 Å². The maximum Gasteiger partial charge on any atom is 0.350 e. The van der Waals surface area contributed by atoms with Gasteiger partial charge in [-0.25, -0.2) is 4.79 Å². The zero-order valence-corrected chi connectivity index (χ0v) is 29.6. The Kier molecular flexibility index (Phi) is 10.1. The number of esters is 1. The van der Waals surface area contributed by atoms with Gasteiger partial charge >= 0.3 is 12.0 Å². The summed E-state index contributed by atoms with van der Waals surface area (Å²) >= 11 is 0. The molecule has 5 aromatic rings. The van der Waals surface area contributed by atoms with Gasteiger partial charge in [0.2, 0.25) is 0 Å². The molecule has 276 valence electrons. The molecule has 1 saturated heterocycles. The number of anilines is 3. The van der Waals surface area contributed by atoms with Gasteiger partial charge in [0.05, 0.1) is 41.2 Å². The number of nitrogens with zero attached hydrogens (tertiary/aromatic N) is 4. The van der Waals surface area contributed by atoms with Gasteiger partial charge in [0.1, 0.15) is 29.3 Å². The highest BCUT2D eigenvalue weighted by Gasteiger charge is 2.52. The van der Waals surface area contributed by atoms with Crippen molar-refractivity contribution in [3.05, 3.63) is 119 Å². The van der Waals surface area contributed by atoms with E-state index in [1.165, 1.54) is 44.3 Å². The third kappa shape index (κ3) is 7.01. The zero-order valence-electron chi connectivity index (χ0n) is 29.6. The SMILES string of the molecule is COc1ccccc1NC(=O)c1cc(Oc2ccc([N+](=O)[O-])cc2N(C)C(=O)N2C(=O)C(C)(COC(C)=O)CN2c2ccccc2)c2ccccc2c1O. The summed E-state index contributed by atoms with van der Waals surface area (Å²) in [5.41, 5.74) is -1.12. The van der Waals surface area contributed by atoms with Crippen molar-refractivity contribution in [2.45, 2.75) is 13.8 Å². The Morgan fingerprint density at radius 3 is 2.28 bits per heavy atom. The molecule has 0 bridgehead atoms. The minimum absolute atomic E-state index is 0.0276. The molecule has 6 rings (SSSR count). The van der Waals surface area contributed by atoms with Gasteiger partial charge in [0, 0.05) is 36.9 Å². The molecule has 0 aliphatic carbocycles. The molecule has 1 aliphatic rings. The fraction of sp³-hybridized carbons (Fsp3) is 0.179. The van der Waals surface area contributed by atoms with Crippen molar-refractivity contribution in [3.8, 4) is 23.0 Å². The Hall–Kier alpha value is -7.16. The van der Waals surface area contributed by atoms with Crippen LogP contribution in [0.2, 0.25) is 0 Å². The van der Waals surface area contributed by atoms with Crippen molar-refractivity contribution in [2.75, 3.05) is 42.5 Å². The molecule has 15 heteroatoms. The van der Waals surface area contributed by atoms with Crippen LogP contribution in [-0.2, 0) is 14.3 Å². The largest absolute Gasteiger partial charge is 0.506 e. The number of aromatic hydroxyl groups is 1. The summed E-state index contributed by atoms with van der Waals surface area (Å²) in [6, 6.07) is 26.0. The van der Waals surface area contributed by atoms with E-state index in [0.717, 1.165) is 16.0 Å². The molecule has 5 aromatic carbocycles. The molecule has 0 aromatic heterocycles. The number of hydrogen-bond donors (Lipinski definition) is 2. The van der Waals surface area contributed by atoms with Gasteiger partial charge in [-0.05, 0) is 43.3 Å². The van der Waals surface area contributed by atoms with Crippen LogP contribution in [0.25, 0.3) is 10.8 Å². The molecule has 1 atom stereocenters. The Labute approximate surface area is 309 Å². The van der Waals surface area contributed by atoms with E-state index in [1.807, 2.05) is 0 Å². The number of nitrogens with one attached hydrogen (secondary N) is 1. The quantitative estimate of drug-likeness (QED) is 0.0866. The molecule has 0 spiro atoms. The van der Waals surface area contributed by atoms with E-state index in [0.29, 0.717) is 22.5 Å². The normalized spacial score (nSPS) is 15.1. The molecule has 1 fully saturated rings. The van der Waals surface area contributed by atoms with Crippen LogP contribution in [0.1, 0.15) is 24.2 Å². The lowest BCUT2D eigenvalue weighted by Gasteiger charge is -2.31. The highest BCUT2D eigenvalue weighted by molar-refractivity contribution is 6.12. The molecule has 2 N–H and O–H groups in total. The molecular formula is C39H35N5O10. The van der Waals surface area contributed by atoms with Crippen LogP contribution in [0.15, 0.2) is 103 Å². The number of amides is 4. The van der Waals surface area contributed by atoms with Gasteiger partial charge in [-0.3, -0.25) is 34.4 Å². The molecule has 0 saturated carbocycles. The van der Waals surface area contributed by atoms with Gasteiger partial charge in [0.25, 0.3) is 17.5 Å². The number of phenolic OH excluding ortho intramolecular Hbond substituents is 1. The summed E-state index contributed by atoms with van der Waals surface area (Å²) in [6.07, 6.45) is 0. The van der Waals surface area contributed by atoms with E-state index < -0.39 is 34.2 Å². The van der Waals surface area contributed by atoms with E-state index >= 15 is 0 Å². The Balaban J connectivity index is 1.41. The second-order valence-electron chi connectivity index (χ2n) is 12.7. The molecule has 1 heterocycles. The standard InChI is InChI=1S/C39H35N5O10/c1-24(45)53-23-39(2)22-42(25-12-6-5-7-13-25)43(37(39)48)38(49)41(3)31-20-26(44(50)51)18-19-33(31)54-34-21-29(35(46)28-15-9-8-14-27(28)34)36(47)40-30-16-10-11-17-32(30)52-4/h5-21,46H,22-23H2,1-4H3,(H,40,47). The predicted molar refractivity (Wildman–Crippen MR) is 199 cm³/mol. The number of carbonyl (C=O) groups excluding carboxylic acids is 4. The fourth-order valence-corrected chi connectivity index (χ4v) is 6.05. The molecule has 4 amide bonds. The first-order valence-electron chi connectivity index (χ1n) is 16.6. The first-order valence-corrected chi connectivity index (χ1v) is 16.6. The van der Waals surface area contributed by atoms with Crippen LogP contribution in [0.4, 0.5) is 27.5 Å². The number of imide groups is 1. The first kappa shape index (κ1) is 36.6. The number of rotatable bonds is 10.